The third-order valence-corrected chi connectivity index (χ3v) is 4.87. The maximum absolute atomic E-state index is 12.8. The fourth-order valence-electron chi connectivity index (χ4n) is 3.65. The van der Waals surface area contributed by atoms with Crippen LogP contribution < -0.4 is 5.32 Å². The minimum Gasteiger partial charge on any atom is -0.357 e. The van der Waals surface area contributed by atoms with Gasteiger partial charge in [-0.05, 0) is 38.3 Å². The highest BCUT2D eigenvalue weighted by molar-refractivity contribution is 5.75. The average molecular weight is 329 g/mol. The Labute approximate surface area is 143 Å². The summed E-state index contributed by atoms with van der Waals surface area (Å²) in [6.45, 7) is 5.42. The number of likely N-dealkylation sites (tertiary alicyclic amines) is 1. The highest BCUT2D eigenvalue weighted by atomic mass is 16.2. The minimum atomic E-state index is 0.0192. The first-order valence-electron chi connectivity index (χ1n) is 8.73. The van der Waals surface area contributed by atoms with Gasteiger partial charge in [0.2, 0.25) is 0 Å². The molecule has 1 unspecified atom stereocenters. The Morgan fingerprint density at radius 1 is 1.38 bits per heavy atom. The molecule has 1 aliphatic rings. The van der Waals surface area contributed by atoms with Gasteiger partial charge in [0.1, 0.15) is 0 Å². The van der Waals surface area contributed by atoms with Crippen LogP contribution in [0.15, 0.2) is 18.5 Å². The summed E-state index contributed by atoms with van der Waals surface area (Å²) in [5.41, 5.74) is 4.38. The fourth-order valence-corrected chi connectivity index (χ4v) is 3.65. The number of H-pyrrole nitrogens is 1. The Balaban J connectivity index is 1.75. The zero-order chi connectivity index (χ0) is 17.1. The van der Waals surface area contributed by atoms with Gasteiger partial charge in [-0.15, -0.1) is 0 Å². The number of hydrogen-bond donors (Lipinski definition) is 2. The molecule has 6 heteroatoms. The molecule has 0 spiro atoms. The van der Waals surface area contributed by atoms with Crippen molar-refractivity contribution in [1.82, 2.24) is 25.0 Å². The summed E-state index contributed by atoms with van der Waals surface area (Å²) < 4.78 is 1.99. The smallest absolute Gasteiger partial charge is 0.318 e. The summed E-state index contributed by atoms with van der Waals surface area (Å²) in [7, 11) is 1.99. The van der Waals surface area contributed by atoms with Crippen LogP contribution in [0.2, 0.25) is 0 Å². The van der Waals surface area contributed by atoms with E-state index in [1.165, 1.54) is 12.0 Å². The molecule has 6 nitrogen and oxygen atoms in total. The van der Waals surface area contributed by atoms with Crippen molar-refractivity contribution in [2.45, 2.75) is 52.1 Å². The molecule has 1 atom stereocenters. The van der Waals surface area contributed by atoms with Gasteiger partial charge in [-0.3, -0.25) is 5.10 Å². The number of carbonyl (C=O) groups is 1. The highest BCUT2D eigenvalue weighted by Gasteiger charge is 2.30. The lowest BCUT2D eigenvalue weighted by molar-refractivity contribution is 0.175. The van der Waals surface area contributed by atoms with E-state index in [0.717, 1.165) is 42.8 Å². The van der Waals surface area contributed by atoms with Crippen molar-refractivity contribution in [3.05, 3.63) is 41.0 Å². The number of amides is 2. The lowest BCUT2D eigenvalue weighted by Crippen LogP contribution is -2.42. The molecule has 0 aromatic carbocycles. The molecule has 2 aromatic heterocycles. The van der Waals surface area contributed by atoms with Crippen LogP contribution in [-0.2, 0) is 13.6 Å². The molecule has 0 aliphatic carbocycles. The molecule has 130 valence electrons. The molecule has 0 radical (unpaired) electrons. The molecule has 1 saturated heterocycles. The van der Waals surface area contributed by atoms with Crippen molar-refractivity contribution in [2.75, 3.05) is 6.54 Å². The first-order chi connectivity index (χ1) is 11.6. The molecule has 3 heterocycles. The zero-order valence-corrected chi connectivity index (χ0v) is 14.8. The van der Waals surface area contributed by atoms with Crippen molar-refractivity contribution < 1.29 is 4.79 Å². The van der Waals surface area contributed by atoms with E-state index in [9.17, 15) is 4.79 Å². The molecule has 0 bridgehead atoms. The average Bonchev–Trinajstić information content (AvgIpc) is 3.02. The number of rotatable bonds is 3. The van der Waals surface area contributed by atoms with Gasteiger partial charge in [0.05, 0.1) is 11.7 Å². The lowest BCUT2D eigenvalue weighted by atomic mass is 9.99. The van der Waals surface area contributed by atoms with E-state index in [-0.39, 0.29) is 12.1 Å². The van der Waals surface area contributed by atoms with E-state index in [4.69, 9.17) is 0 Å². The molecule has 1 aliphatic heterocycles. The Kier molecular flexibility index (Phi) is 4.92. The van der Waals surface area contributed by atoms with Crippen LogP contribution in [0, 0.1) is 13.8 Å². The van der Waals surface area contributed by atoms with Crippen molar-refractivity contribution >= 4 is 6.03 Å². The zero-order valence-electron chi connectivity index (χ0n) is 14.8. The van der Waals surface area contributed by atoms with E-state index in [0.29, 0.717) is 6.54 Å². The molecule has 1 fully saturated rings. The van der Waals surface area contributed by atoms with Crippen LogP contribution in [0.1, 0.15) is 54.2 Å². The van der Waals surface area contributed by atoms with Crippen molar-refractivity contribution in [2.24, 2.45) is 7.05 Å². The molecule has 24 heavy (non-hydrogen) atoms. The maximum Gasteiger partial charge on any atom is 0.318 e. The third-order valence-electron chi connectivity index (χ3n) is 4.87. The van der Waals surface area contributed by atoms with Crippen LogP contribution >= 0.6 is 0 Å². The number of aryl methyl sites for hydroxylation is 3. The quantitative estimate of drug-likeness (QED) is 0.908. The van der Waals surface area contributed by atoms with Gasteiger partial charge in [-0.1, -0.05) is 12.8 Å². The summed E-state index contributed by atoms with van der Waals surface area (Å²) in [6, 6.07) is 2.16. The predicted molar refractivity (Wildman–Crippen MR) is 93.6 cm³/mol. The minimum absolute atomic E-state index is 0.0192. The van der Waals surface area contributed by atoms with Crippen LogP contribution in [-0.4, -0.2) is 32.2 Å². The second-order valence-corrected chi connectivity index (χ2v) is 6.75. The third kappa shape index (κ3) is 3.47. The first-order valence-corrected chi connectivity index (χ1v) is 8.73. The van der Waals surface area contributed by atoms with Crippen LogP contribution in [0.5, 0.6) is 0 Å². The number of carbonyl (C=O) groups excluding carboxylic acids is 1. The van der Waals surface area contributed by atoms with E-state index in [2.05, 4.69) is 15.5 Å². The molecule has 3 rings (SSSR count). The van der Waals surface area contributed by atoms with Gasteiger partial charge < -0.3 is 14.8 Å². The normalized spacial score (nSPS) is 18.5. The van der Waals surface area contributed by atoms with Crippen LogP contribution in [0.3, 0.4) is 0 Å². The van der Waals surface area contributed by atoms with Gasteiger partial charge in [0.15, 0.2) is 0 Å². The predicted octanol–water partition coefficient (Wildman–Crippen LogP) is 3.19. The monoisotopic (exact) mass is 329 g/mol. The summed E-state index contributed by atoms with van der Waals surface area (Å²) in [5.74, 6) is 0. The number of aromatic nitrogens is 3. The Morgan fingerprint density at radius 2 is 2.21 bits per heavy atom. The molecular weight excluding hydrogens is 302 g/mol. The Morgan fingerprint density at radius 3 is 2.88 bits per heavy atom. The number of urea groups is 1. The first kappa shape index (κ1) is 16.6. The molecule has 2 aromatic rings. The van der Waals surface area contributed by atoms with Gasteiger partial charge in [0.25, 0.3) is 0 Å². The number of nitrogens with one attached hydrogen (secondary N) is 2. The van der Waals surface area contributed by atoms with Crippen molar-refractivity contribution in [1.29, 1.82) is 0 Å². The van der Waals surface area contributed by atoms with Crippen molar-refractivity contribution in [3.8, 4) is 0 Å². The molecule has 2 N–H and O–H groups in total. The summed E-state index contributed by atoms with van der Waals surface area (Å²) in [4.78, 5) is 14.8. The van der Waals surface area contributed by atoms with Gasteiger partial charge in [0, 0.05) is 43.8 Å². The Hall–Kier alpha value is -2.24. The topological polar surface area (TPSA) is 66.0 Å². The maximum atomic E-state index is 12.8. The summed E-state index contributed by atoms with van der Waals surface area (Å²) in [5, 5.41) is 10.5. The summed E-state index contributed by atoms with van der Waals surface area (Å²) in [6.07, 6.45) is 8.41. The molecular formula is C18H27N5O. The van der Waals surface area contributed by atoms with E-state index in [1.54, 1.807) is 0 Å². The SMILES string of the molecule is Cc1n[nH]c(C)c1C1CCCCCN1C(=O)NCc1ccn(C)c1. The summed E-state index contributed by atoms with van der Waals surface area (Å²) >= 11 is 0. The van der Waals surface area contributed by atoms with E-state index < -0.39 is 0 Å². The lowest BCUT2D eigenvalue weighted by Gasteiger charge is -2.30. The second kappa shape index (κ2) is 7.11. The van der Waals surface area contributed by atoms with Gasteiger partial charge >= 0.3 is 6.03 Å². The van der Waals surface area contributed by atoms with E-state index >= 15 is 0 Å². The molecule has 2 amide bonds. The number of nitrogens with zero attached hydrogens (tertiary/aromatic N) is 3. The Bertz CT molecular complexity index is 683. The van der Waals surface area contributed by atoms with Crippen LogP contribution in [0.25, 0.3) is 0 Å². The van der Waals surface area contributed by atoms with E-state index in [1.807, 2.05) is 48.8 Å². The van der Waals surface area contributed by atoms with Gasteiger partial charge in [-0.25, -0.2) is 4.79 Å². The fraction of sp³-hybridized carbons (Fsp3) is 0.556. The van der Waals surface area contributed by atoms with Gasteiger partial charge in [-0.2, -0.15) is 5.10 Å². The standard InChI is InChI=1S/C18H27N5O/c1-13-17(14(2)21-20-13)16-7-5-4-6-9-23(16)18(24)19-11-15-8-10-22(3)12-15/h8,10,12,16H,4-7,9,11H2,1-3H3,(H,19,24)(H,20,21). The number of hydrogen-bond acceptors (Lipinski definition) is 2. The molecule has 0 saturated carbocycles. The highest BCUT2D eigenvalue weighted by Crippen LogP contribution is 2.33. The largest absolute Gasteiger partial charge is 0.357 e. The number of aromatic amines is 1. The second-order valence-electron chi connectivity index (χ2n) is 6.75. The van der Waals surface area contributed by atoms with Crippen LogP contribution in [0.4, 0.5) is 4.79 Å². The van der Waals surface area contributed by atoms with Crippen molar-refractivity contribution in [3.63, 3.8) is 0 Å².